The van der Waals surface area contributed by atoms with E-state index in [1.54, 1.807) is 17.0 Å². The van der Waals surface area contributed by atoms with Gasteiger partial charge in [0, 0.05) is 23.6 Å². The number of carbonyl (C=O) groups excluding carboxylic acids is 1. The predicted octanol–water partition coefficient (Wildman–Crippen LogP) is 5.27. The Morgan fingerprint density at radius 2 is 1.93 bits per heavy atom. The van der Waals surface area contributed by atoms with Crippen molar-refractivity contribution in [2.45, 2.75) is 31.6 Å². The van der Waals surface area contributed by atoms with Gasteiger partial charge in [0.05, 0.1) is 5.56 Å². The lowest BCUT2D eigenvalue weighted by Gasteiger charge is -2.22. The van der Waals surface area contributed by atoms with Crippen LogP contribution in [-0.2, 0) is 17.5 Å². The van der Waals surface area contributed by atoms with Gasteiger partial charge >= 0.3 is 6.18 Å². The highest BCUT2D eigenvalue weighted by molar-refractivity contribution is 6.30. The molecule has 2 heterocycles. The van der Waals surface area contributed by atoms with E-state index in [1.807, 2.05) is 12.1 Å². The van der Waals surface area contributed by atoms with Gasteiger partial charge in [-0.15, -0.1) is 0 Å². The molecule has 5 nitrogen and oxygen atoms in total. The van der Waals surface area contributed by atoms with Crippen LogP contribution >= 0.6 is 11.6 Å². The van der Waals surface area contributed by atoms with Crippen molar-refractivity contribution in [1.29, 1.82) is 0 Å². The molecule has 3 aromatic rings. The third-order valence-electron chi connectivity index (χ3n) is 4.77. The first kappa shape index (κ1) is 19.4. The second-order valence-electron chi connectivity index (χ2n) is 6.74. The molecule has 0 radical (unpaired) electrons. The molecule has 0 saturated carbocycles. The fourth-order valence-electron chi connectivity index (χ4n) is 3.32. The van der Waals surface area contributed by atoms with Crippen LogP contribution in [0.15, 0.2) is 53.1 Å². The number of amides is 1. The molecule has 1 aliphatic rings. The van der Waals surface area contributed by atoms with Crippen molar-refractivity contribution in [1.82, 2.24) is 15.0 Å². The summed E-state index contributed by atoms with van der Waals surface area (Å²) in [6.07, 6.45) is -3.54. The average molecular weight is 422 g/mol. The lowest BCUT2D eigenvalue weighted by Crippen LogP contribution is -2.27. The second kappa shape index (κ2) is 7.51. The van der Waals surface area contributed by atoms with E-state index in [2.05, 4.69) is 10.1 Å². The van der Waals surface area contributed by atoms with E-state index in [4.69, 9.17) is 16.1 Å². The van der Waals surface area contributed by atoms with Crippen molar-refractivity contribution in [3.63, 3.8) is 0 Å². The largest absolute Gasteiger partial charge is 0.416 e. The van der Waals surface area contributed by atoms with Crippen molar-refractivity contribution in [3.8, 4) is 11.4 Å². The van der Waals surface area contributed by atoms with Gasteiger partial charge in [-0.05, 0) is 36.2 Å². The zero-order chi connectivity index (χ0) is 20.6. The Bertz CT molecular complexity index is 1030. The first-order valence-corrected chi connectivity index (χ1v) is 9.24. The molecule has 9 heteroatoms. The molecule has 4 rings (SSSR count). The number of carbonyl (C=O) groups is 1. The third-order valence-corrected chi connectivity index (χ3v) is 5.00. The van der Waals surface area contributed by atoms with Gasteiger partial charge in [-0.3, -0.25) is 4.79 Å². The maximum absolute atomic E-state index is 12.7. The highest BCUT2D eigenvalue weighted by Crippen LogP contribution is 2.35. The Morgan fingerprint density at radius 1 is 1.17 bits per heavy atom. The summed E-state index contributed by atoms with van der Waals surface area (Å²) >= 11 is 6.02. The third kappa shape index (κ3) is 4.12. The summed E-state index contributed by atoms with van der Waals surface area (Å²) < 4.78 is 43.5. The van der Waals surface area contributed by atoms with Crippen LogP contribution in [0.3, 0.4) is 0 Å². The Kier molecular flexibility index (Phi) is 5.04. The van der Waals surface area contributed by atoms with Crippen molar-refractivity contribution < 1.29 is 22.5 Å². The fourth-order valence-corrected chi connectivity index (χ4v) is 3.53. The lowest BCUT2D eigenvalue weighted by molar-refractivity contribution is -0.137. The zero-order valence-electron chi connectivity index (χ0n) is 15.0. The molecule has 1 aromatic heterocycles. The number of hydrogen-bond acceptors (Lipinski definition) is 4. The molecule has 1 atom stereocenters. The molecule has 0 bridgehead atoms. The first-order valence-electron chi connectivity index (χ1n) is 8.86. The average Bonchev–Trinajstić information content (AvgIpc) is 3.29. The minimum Gasteiger partial charge on any atom is -0.337 e. The summed E-state index contributed by atoms with van der Waals surface area (Å²) in [6, 6.07) is 11.3. The molecular formula is C20H15ClF3N3O2. The molecule has 0 aliphatic carbocycles. The van der Waals surface area contributed by atoms with Crippen LogP contribution in [0.25, 0.3) is 11.4 Å². The molecule has 1 aliphatic heterocycles. The summed E-state index contributed by atoms with van der Waals surface area (Å²) in [5.74, 6) is 0.396. The van der Waals surface area contributed by atoms with Crippen LogP contribution in [0.2, 0.25) is 5.02 Å². The topological polar surface area (TPSA) is 59.2 Å². The van der Waals surface area contributed by atoms with Gasteiger partial charge in [-0.25, -0.2) is 0 Å². The van der Waals surface area contributed by atoms with Gasteiger partial charge in [-0.1, -0.05) is 41.0 Å². The van der Waals surface area contributed by atoms with Gasteiger partial charge in [0.25, 0.3) is 0 Å². The van der Waals surface area contributed by atoms with E-state index in [0.29, 0.717) is 30.0 Å². The normalized spacial score (nSPS) is 17.2. The minimum atomic E-state index is -4.41. The van der Waals surface area contributed by atoms with E-state index in [0.717, 1.165) is 17.7 Å². The van der Waals surface area contributed by atoms with E-state index in [9.17, 15) is 18.0 Å². The smallest absolute Gasteiger partial charge is 0.337 e. The number of nitrogens with zero attached hydrogens (tertiary/aromatic N) is 3. The van der Waals surface area contributed by atoms with Gasteiger partial charge < -0.3 is 9.42 Å². The van der Waals surface area contributed by atoms with Gasteiger partial charge in [0.15, 0.2) is 0 Å². The molecule has 2 aromatic carbocycles. The van der Waals surface area contributed by atoms with Gasteiger partial charge in [-0.2, -0.15) is 18.2 Å². The van der Waals surface area contributed by atoms with Crippen molar-refractivity contribution >= 4 is 17.5 Å². The van der Waals surface area contributed by atoms with Crippen LogP contribution in [0.1, 0.15) is 35.9 Å². The SMILES string of the molecule is O=C1CCC(c2nc(-c3ccc(C(F)(F)F)cc3)no2)N1Cc1cccc(Cl)c1. The van der Waals surface area contributed by atoms with Crippen LogP contribution in [0.4, 0.5) is 13.2 Å². The number of benzene rings is 2. The van der Waals surface area contributed by atoms with Crippen LogP contribution in [0, 0.1) is 0 Å². The molecule has 0 N–H and O–H groups in total. The fraction of sp³-hybridized carbons (Fsp3) is 0.250. The van der Waals surface area contributed by atoms with Crippen molar-refractivity contribution in [2.75, 3.05) is 0 Å². The number of halogens is 4. The second-order valence-corrected chi connectivity index (χ2v) is 7.17. The summed E-state index contributed by atoms with van der Waals surface area (Å²) in [5, 5.41) is 4.45. The van der Waals surface area contributed by atoms with Crippen LogP contribution in [-0.4, -0.2) is 20.9 Å². The van der Waals surface area contributed by atoms with Gasteiger partial charge in [0.2, 0.25) is 17.6 Å². The zero-order valence-corrected chi connectivity index (χ0v) is 15.7. The van der Waals surface area contributed by atoms with E-state index >= 15 is 0 Å². The molecule has 150 valence electrons. The molecule has 29 heavy (non-hydrogen) atoms. The summed E-state index contributed by atoms with van der Waals surface area (Å²) in [4.78, 5) is 18.3. The van der Waals surface area contributed by atoms with E-state index in [-0.39, 0.29) is 17.6 Å². The highest BCUT2D eigenvalue weighted by Gasteiger charge is 2.36. The summed E-state index contributed by atoms with van der Waals surface area (Å²) in [7, 11) is 0. The maximum Gasteiger partial charge on any atom is 0.416 e. The van der Waals surface area contributed by atoms with Crippen molar-refractivity contribution in [2.24, 2.45) is 0 Å². The number of aromatic nitrogens is 2. The molecule has 1 fully saturated rings. The quantitative estimate of drug-likeness (QED) is 0.575. The van der Waals surface area contributed by atoms with Crippen LogP contribution in [0.5, 0.6) is 0 Å². The molecule has 1 saturated heterocycles. The van der Waals surface area contributed by atoms with Gasteiger partial charge in [0.1, 0.15) is 6.04 Å². The highest BCUT2D eigenvalue weighted by atomic mass is 35.5. The molecule has 0 spiro atoms. The lowest BCUT2D eigenvalue weighted by atomic mass is 10.1. The molecule has 1 amide bonds. The maximum atomic E-state index is 12.7. The minimum absolute atomic E-state index is 0.0377. The summed E-state index contributed by atoms with van der Waals surface area (Å²) in [5.41, 5.74) is 0.526. The first-order chi connectivity index (χ1) is 13.8. The predicted molar refractivity (Wildman–Crippen MR) is 98.7 cm³/mol. The Hall–Kier alpha value is -2.87. The van der Waals surface area contributed by atoms with Crippen molar-refractivity contribution in [3.05, 3.63) is 70.6 Å². The number of hydrogen-bond donors (Lipinski definition) is 0. The summed E-state index contributed by atoms with van der Waals surface area (Å²) in [6.45, 7) is 0.349. The monoisotopic (exact) mass is 421 g/mol. The van der Waals surface area contributed by atoms with Crippen LogP contribution < -0.4 is 0 Å². The van der Waals surface area contributed by atoms with E-state index < -0.39 is 17.8 Å². The number of rotatable bonds is 4. The molecule has 1 unspecified atom stereocenters. The Balaban J connectivity index is 1.55. The Labute approximate surface area is 169 Å². The standard InChI is InChI=1S/C20H15ClF3N3O2/c21-15-3-1-2-12(10-15)11-27-16(8-9-17(27)28)19-25-18(26-29-19)13-4-6-14(7-5-13)20(22,23)24/h1-7,10,16H,8-9,11H2. The number of alkyl halides is 3. The molecular weight excluding hydrogens is 407 g/mol. The number of likely N-dealkylation sites (tertiary alicyclic amines) is 1. The Morgan fingerprint density at radius 3 is 2.62 bits per heavy atom. The van der Waals surface area contributed by atoms with E-state index in [1.165, 1.54) is 12.1 Å².